The van der Waals surface area contributed by atoms with Crippen molar-refractivity contribution in [1.82, 2.24) is 9.97 Å². The molecule has 0 saturated carbocycles. The van der Waals surface area contributed by atoms with Crippen molar-refractivity contribution >= 4 is 29.3 Å². The fourth-order valence-electron chi connectivity index (χ4n) is 2.45. The highest BCUT2D eigenvalue weighted by atomic mass is 19.4. The van der Waals surface area contributed by atoms with Crippen LogP contribution in [0.25, 0.3) is 0 Å². The highest BCUT2D eigenvalue weighted by Gasteiger charge is 2.31. The molecule has 4 N–H and O–H groups in total. The summed E-state index contributed by atoms with van der Waals surface area (Å²) in [5, 5.41) is 14.4. The van der Waals surface area contributed by atoms with Gasteiger partial charge in [-0.15, -0.1) is 0 Å². The lowest BCUT2D eigenvalue weighted by molar-refractivity contribution is -0.142. The highest BCUT2D eigenvalue weighted by Crippen LogP contribution is 2.31. The number of carbonyl (C=O) groups is 2. The molecule has 1 amide bonds. The van der Waals surface area contributed by atoms with Crippen LogP contribution >= 0.6 is 0 Å². The second-order valence-electron chi connectivity index (χ2n) is 6.22. The number of nitrogen functional groups attached to an aromatic ring is 1. The summed E-state index contributed by atoms with van der Waals surface area (Å²) in [6.45, 7) is 2.41. The predicted molar refractivity (Wildman–Crippen MR) is 113 cm³/mol. The molecule has 1 atom stereocenters. The van der Waals surface area contributed by atoms with Crippen LogP contribution in [0, 0.1) is 11.3 Å². The van der Waals surface area contributed by atoms with Crippen molar-refractivity contribution in [3.8, 4) is 11.9 Å². The molecule has 13 heteroatoms. The van der Waals surface area contributed by atoms with Crippen molar-refractivity contribution in [2.24, 2.45) is 0 Å². The summed E-state index contributed by atoms with van der Waals surface area (Å²) in [6, 6.07) is 4.46. The van der Waals surface area contributed by atoms with Gasteiger partial charge in [0.25, 0.3) is 0 Å². The summed E-state index contributed by atoms with van der Waals surface area (Å²) < 4.78 is 48.9. The molecule has 0 aliphatic carbocycles. The number of nitrogens with zero attached hydrogens (tertiary/aromatic N) is 3. The number of nitrogens with one attached hydrogen (secondary N) is 2. The van der Waals surface area contributed by atoms with Gasteiger partial charge in [-0.3, -0.25) is 9.59 Å². The summed E-state index contributed by atoms with van der Waals surface area (Å²) in [4.78, 5) is 31.7. The van der Waals surface area contributed by atoms with Gasteiger partial charge in [-0.2, -0.15) is 28.4 Å². The molecule has 10 nitrogen and oxygen atoms in total. The molecule has 0 unspecified atom stereocenters. The lowest BCUT2D eigenvalue weighted by Crippen LogP contribution is -2.39. The van der Waals surface area contributed by atoms with Gasteiger partial charge in [-0.1, -0.05) is 13.5 Å². The largest absolute Gasteiger partial charge is 0.477 e. The Bertz CT molecular complexity index is 1040. The van der Waals surface area contributed by atoms with Gasteiger partial charge in [-0.05, 0) is 25.1 Å². The minimum absolute atomic E-state index is 0. The normalized spacial score (nSPS) is 11.4. The number of benzene rings is 1. The van der Waals surface area contributed by atoms with E-state index in [9.17, 15) is 28.0 Å². The summed E-state index contributed by atoms with van der Waals surface area (Å²) >= 11 is 0. The van der Waals surface area contributed by atoms with Gasteiger partial charge < -0.3 is 25.8 Å². The van der Waals surface area contributed by atoms with Crippen LogP contribution in [0.2, 0.25) is 0 Å². The molecule has 0 radical (unpaired) electrons. The van der Waals surface area contributed by atoms with Crippen molar-refractivity contribution in [1.29, 1.82) is 5.26 Å². The van der Waals surface area contributed by atoms with E-state index in [4.69, 9.17) is 15.2 Å². The van der Waals surface area contributed by atoms with Crippen molar-refractivity contribution < 1.29 is 32.2 Å². The number of nitriles is 1. The number of halogens is 3. The predicted octanol–water partition coefficient (Wildman–Crippen LogP) is 2.97. The molecule has 0 bridgehead atoms. The van der Waals surface area contributed by atoms with E-state index in [1.807, 2.05) is 6.07 Å². The van der Waals surface area contributed by atoms with E-state index in [1.54, 1.807) is 6.92 Å². The van der Waals surface area contributed by atoms with Crippen LogP contribution in [-0.4, -0.2) is 41.1 Å². The Hall–Kier alpha value is -4.08. The number of rotatable bonds is 8. The minimum Gasteiger partial charge on any atom is -0.477 e. The highest BCUT2D eigenvalue weighted by molar-refractivity contribution is 5.97. The van der Waals surface area contributed by atoms with Crippen molar-refractivity contribution in [2.45, 2.75) is 33.5 Å². The maximum absolute atomic E-state index is 12.9. The van der Waals surface area contributed by atoms with Gasteiger partial charge in [0.15, 0.2) is 11.4 Å². The van der Waals surface area contributed by atoms with E-state index in [0.717, 1.165) is 25.1 Å². The lowest BCUT2D eigenvalue weighted by Gasteiger charge is -2.20. The monoisotopic (exact) mass is 468 g/mol. The number of hydrogen-bond acceptors (Lipinski definition) is 9. The molecule has 178 valence electrons. The van der Waals surface area contributed by atoms with E-state index >= 15 is 0 Å². The van der Waals surface area contributed by atoms with E-state index in [-0.39, 0.29) is 42.9 Å². The van der Waals surface area contributed by atoms with Gasteiger partial charge in [0, 0.05) is 12.6 Å². The Balaban J connectivity index is 0.00000544. The number of nitrogens with two attached hydrogens (primary N) is 1. The molecular formula is C20H23F3N6O4. The zero-order valence-electron chi connectivity index (χ0n) is 17.0. The Morgan fingerprint density at radius 1 is 1.30 bits per heavy atom. The molecule has 0 spiro atoms. The average molecular weight is 468 g/mol. The molecule has 1 heterocycles. The third-order valence-corrected chi connectivity index (χ3v) is 3.82. The molecular weight excluding hydrogens is 445 g/mol. The van der Waals surface area contributed by atoms with Crippen molar-refractivity contribution in [2.75, 3.05) is 29.6 Å². The third-order valence-electron chi connectivity index (χ3n) is 3.82. The molecule has 0 saturated heterocycles. The van der Waals surface area contributed by atoms with Crippen LogP contribution in [0.15, 0.2) is 24.3 Å². The van der Waals surface area contributed by atoms with Gasteiger partial charge in [0.2, 0.25) is 17.7 Å². The van der Waals surface area contributed by atoms with Crippen LogP contribution in [-0.2, 0) is 20.5 Å². The van der Waals surface area contributed by atoms with Gasteiger partial charge >= 0.3 is 12.1 Å². The van der Waals surface area contributed by atoms with Crippen molar-refractivity contribution in [3.05, 3.63) is 35.4 Å². The maximum atomic E-state index is 12.9. The molecule has 1 aromatic heterocycles. The molecule has 0 fully saturated rings. The third kappa shape index (κ3) is 7.53. The Morgan fingerprint density at radius 2 is 2.00 bits per heavy atom. The van der Waals surface area contributed by atoms with Crippen molar-refractivity contribution in [3.63, 3.8) is 0 Å². The topological polar surface area (TPSA) is 152 Å². The first-order valence-electron chi connectivity index (χ1n) is 9.13. The first-order chi connectivity index (χ1) is 15.0. The number of carbonyl (C=O) groups excluding carboxylic acids is 2. The number of aromatic nitrogens is 2. The van der Waals surface area contributed by atoms with E-state index in [0.29, 0.717) is 0 Å². The second-order valence-corrected chi connectivity index (χ2v) is 6.22. The zero-order valence-corrected chi connectivity index (χ0v) is 17.0. The van der Waals surface area contributed by atoms with Crippen LogP contribution < -0.4 is 21.1 Å². The fraction of sp³-hybridized carbons (Fsp3) is 0.350. The average Bonchev–Trinajstić information content (AvgIpc) is 2.70. The molecule has 2 aromatic rings. The molecule has 0 aliphatic rings. The molecule has 33 heavy (non-hydrogen) atoms. The van der Waals surface area contributed by atoms with E-state index in [1.165, 1.54) is 6.07 Å². The first kappa shape index (κ1) is 27.0. The minimum atomic E-state index is -4.61. The standard InChI is InChI=1S/C19H19F3N6O4.CH4/c1-3-31-17-13(8-23)15(27-18(24)28-17)26-14(9-32-10(2)29)16(30)25-12-6-4-5-11(7-12)19(20,21)22;/h4-7,14H,3,9H2,1-2H3,(H,25,30)(H3,24,26,27,28);1H4/t14-;/m0./s1. The summed E-state index contributed by atoms with van der Waals surface area (Å²) in [7, 11) is 0. The van der Waals surface area contributed by atoms with Crippen LogP contribution in [0.1, 0.15) is 32.4 Å². The fourth-order valence-corrected chi connectivity index (χ4v) is 2.45. The Kier molecular flexibility index (Phi) is 9.40. The van der Waals surface area contributed by atoms with Gasteiger partial charge in [0.05, 0.1) is 12.2 Å². The lowest BCUT2D eigenvalue weighted by atomic mass is 10.2. The van der Waals surface area contributed by atoms with E-state index < -0.39 is 36.3 Å². The number of ether oxygens (including phenoxy) is 2. The molecule has 2 rings (SSSR count). The molecule has 1 aromatic carbocycles. The van der Waals surface area contributed by atoms with Crippen LogP contribution in [0.3, 0.4) is 0 Å². The smallest absolute Gasteiger partial charge is 0.416 e. The quantitative estimate of drug-likeness (QED) is 0.496. The summed E-state index contributed by atoms with van der Waals surface area (Å²) in [5.74, 6) is -2.14. The SMILES string of the molecule is C.CCOc1nc(N)nc(N[C@@H](COC(C)=O)C(=O)Nc2cccc(C(F)(F)F)c2)c1C#N. The number of amides is 1. The number of esters is 1. The summed E-state index contributed by atoms with van der Waals surface area (Å²) in [5.41, 5.74) is 4.36. The summed E-state index contributed by atoms with van der Waals surface area (Å²) in [6.07, 6.45) is -4.61. The van der Waals surface area contributed by atoms with Gasteiger partial charge in [0.1, 0.15) is 18.7 Å². The van der Waals surface area contributed by atoms with Crippen LogP contribution in [0.5, 0.6) is 5.88 Å². The maximum Gasteiger partial charge on any atom is 0.416 e. The number of hydrogen-bond donors (Lipinski definition) is 3. The number of anilines is 3. The van der Waals surface area contributed by atoms with Crippen LogP contribution in [0.4, 0.5) is 30.6 Å². The zero-order chi connectivity index (χ0) is 23.9. The Labute approximate surface area is 187 Å². The second kappa shape index (κ2) is 11.5. The number of alkyl halides is 3. The first-order valence-corrected chi connectivity index (χ1v) is 9.13. The molecule has 0 aliphatic heterocycles. The van der Waals surface area contributed by atoms with Gasteiger partial charge in [-0.25, -0.2) is 0 Å². The Morgan fingerprint density at radius 3 is 2.58 bits per heavy atom. The van der Waals surface area contributed by atoms with E-state index in [2.05, 4.69) is 20.6 Å².